The van der Waals surface area contributed by atoms with Crippen LogP contribution in [-0.4, -0.2) is 5.48 Å². The Labute approximate surface area is 73.8 Å². The molecule has 0 rings (SSSR count). The molecule has 0 aliphatic rings. The molecule has 53 valence electrons. The molecule has 0 saturated heterocycles. The molecule has 0 bridgehead atoms. The second kappa shape index (κ2) is 118000. The van der Waals surface area contributed by atoms with E-state index in [1.54, 1.807) is 0 Å². The molecule has 0 heterocycles. The molecule has 0 saturated carbocycles. The predicted molar refractivity (Wildman–Crippen MR) is 16.4 cm³/mol. The fourth-order valence-electron chi connectivity index (χ4n) is 0. The van der Waals surface area contributed by atoms with E-state index < -0.39 is 0 Å². The Kier molecular flexibility index (Phi) is 853000. The zero-order valence-corrected chi connectivity index (χ0v) is 6.03. The Morgan fingerprint density at radius 1 is 0.889 bits per heavy atom. The Hall–Kier alpha value is -0.0570. The van der Waals surface area contributed by atoms with Crippen LogP contribution in [0.25, 0.3) is 0 Å². The molecule has 1 radical (unpaired) electrons. The monoisotopic (exact) mass is 214 g/mol. The van der Waals surface area contributed by atoms with Crippen LogP contribution in [0.3, 0.4) is 0 Å². The third-order valence-corrected chi connectivity index (χ3v) is 0. The SMILES string of the molecule is O.[C-]#N.[C-]#[O+].[C-]#[O+].[Fe+3].[Ni]. The van der Waals surface area contributed by atoms with Gasteiger partial charge in [-0.25, -0.2) is 0 Å². The van der Waals surface area contributed by atoms with Crippen molar-refractivity contribution in [3.8, 4) is 0 Å². The third kappa shape index (κ3) is 86300. The third-order valence-electron chi connectivity index (χ3n) is 0. The molecular weight excluding hydrogens is 213 g/mol. The molecule has 0 aromatic carbocycles. The first kappa shape index (κ1) is 65.1. The first-order valence-corrected chi connectivity index (χ1v) is 0.632. The number of nitrogens with zero attached hydrogens (tertiary/aromatic N) is 1. The fraction of sp³-hybridized carbons (Fsp3) is 0. The van der Waals surface area contributed by atoms with Crippen molar-refractivity contribution >= 4 is 0 Å². The second-order valence-electron chi connectivity index (χ2n) is 0. The summed E-state index contributed by atoms with van der Waals surface area (Å²) in [5.41, 5.74) is 0. The molecular formula is C3H2FeNNiO3+2. The maximum atomic E-state index is 7.50. The van der Waals surface area contributed by atoms with Gasteiger partial charge in [0.05, 0.1) is 0 Å². The van der Waals surface area contributed by atoms with Crippen LogP contribution in [0.1, 0.15) is 0 Å². The quantitative estimate of drug-likeness (QED) is 0.294. The summed E-state index contributed by atoms with van der Waals surface area (Å²) in [5, 5.41) is 6.25. The van der Waals surface area contributed by atoms with Gasteiger partial charge in [-0.05, 0) is 0 Å². The molecule has 0 aromatic rings. The Morgan fingerprint density at radius 2 is 0.889 bits per heavy atom. The van der Waals surface area contributed by atoms with E-state index in [0.717, 1.165) is 0 Å². The maximum Gasteiger partial charge on any atom is 3.00 e. The molecule has 2 N–H and O–H groups in total. The van der Waals surface area contributed by atoms with Crippen molar-refractivity contribution in [1.29, 1.82) is 5.26 Å². The standard InChI is InChI=1S/CN.2CO.Fe.Ni.H2O/c3*1-2;;;/h;;;;;1H2/q-1;;;+3;;. The summed E-state index contributed by atoms with van der Waals surface area (Å²) in [6.45, 7) is 13.8. The predicted octanol–water partition coefficient (Wildman–Crippen LogP) is -0.808. The van der Waals surface area contributed by atoms with Crippen molar-refractivity contribution in [1.82, 2.24) is 0 Å². The minimum atomic E-state index is 0. The largest absolute Gasteiger partial charge is 3.00 e. The van der Waals surface area contributed by atoms with Crippen LogP contribution in [0.5, 0.6) is 0 Å². The summed E-state index contributed by atoms with van der Waals surface area (Å²) in [5.74, 6) is 0. The van der Waals surface area contributed by atoms with Crippen molar-refractivity contribution in [2.45, 2.75) is 0 Å². The van der Waals surface area contributed by atoms with Crippen LogP contribution in [0, 0.1) is 25.1 Å². The molecule has 0 aromatic heterocycles. The van der Waals surface area contributed by atoms with Gasteiger partial charge in [0.1, 0.15) is 0 Å². The van der Waals surface area contributed by atoms with Gasteiger partial charge >= 0.3 is 39.7 Å². The second-order valence-corrected chi connectivity index (χ2v) is 0. The average Bonchev–Trinajstić information content (AvgIpc) is 1.81. The van der Waals surface area contributed by atoms with Crippen LogP contribution in [-0.2, 0) is 42.9 Å². The van der Waals surface area contributed by atoms with Crippen LogP contribution < -0.4 is 0 Å². The van der Waals surface area contributed by atoms with Gasteiger partial charge in [0, 0.05) is 16.5 Å². The number of rotatable bonds is 0. The molecule has 0 aliphatic heterocycles. The van der Waals surface area contributed by atoms with Gasteiger partial charge in [-0.15, -0.1) is 0 Å². The average molecular weight is 215 g/mol. The summed E-state index contributed by atoms with van der Waals surface area (Å²) < 4.78 is 15.0. The Bertz CT molecular complexity index is 47.5. The van der Waals surface area contributed by atoms with Crippen molar-refractivity contribution < 1.29 is 48.3 Å². The summed E-state index contributed by atoms with van der Waals surface area (Å²) in [4.78, 5) is 0. The van der Waals surface area contributed by atoms with Gasteiger partial charge < -0.3 is 17.3 Å². The Morgan fingerprint density at radius 3 is 0.889 bits per heavy atom. The molecule has 0 aliphatic carbocycles. The topological polar surface area (TPSA) is 95.1 Å². The van der Waals surface area contributed by atoms with Gasteiger partial charge in [0.25, 0.3) is 0 Å². The van der Waals surface area contributed by atoms with E-state index in [1.807, 2.05) is 0 Å². The van der Waals surface area contributed by atoms with E-state index in [2.05, 4.69) is 13.3 Å². The smallest absolute Gasteiger partial charge is 0 e. The van der Waals surface area contributed by atoms with E-state index in [9.17, 15) is 0 Å². The summed E-state index contributed by atoms with van der Waals surface area (Å²) in [7, 11) is 0. The molecule has 0 unspecified atom stereocenters. The molecule has 4 nitrogen and oxygen atoms in total. The van der Waals surface area contributed by atoms with Gasteiger partial charge in [0.2, 0.25) is 0 Å². The maximum absolute atomic E-state index is 7.50. The van der Waals surface area contributed by atoms with Crippen LogP contribution in [0.15, 0.2) is 0 Å². The zero-order valence-electron chi connectivity index (χ0n) is 3.93. The van der Waals surface area contributed by atoms with Crippen molar-refractivity contribution in [3.63, 3.8) is 0 Å². The molecule has 6 heteroatoms. The summed E-state index contributed by atoms with van der Waals surface area (Å²) in [6.07, 6.45) is 0. The minimum absolute atomic E-state index is 0. The molecule has 0 fully saturated rings. The summed E-state index contributed by atoms with van der Waals surface area (Å²) >= 11 is 0. The van der Waals surface area contributed by atoms with Gasteiger partial charge in [0.15, 0.2) is 0 Å². The van der Waals surface area contributed by atoms with E-state index in [0.29, 0.717) is 0 Å². The molecule has 9 heavy (non-hydrogen) atoms. The van der Waals surface area contributed by atoms with E-state index in [1.165, 1.54) is 0 Å². The van der Waals surface area contributed by atoms with Crippen molar-refractivity contribution in [3.05, 3.63) is 19.9 Å². The molecule has 0 atom stereocenters. The number of hydrogen-bond donors (Lipinski definition) is 0. The van der Waals surface area contributed by atoms with E-state index >= 15 is 0 Å². The van der Waals surface area contributed by atoms with E-state index in [4.69, 9.17) is 21.1 Å². The van der Waals surface area contributed by atoms with E-state index in [-0.39, 0.29) is 39.0 Å². The number of hydrogen-bond acceptors (Lipinski definition) is 1. The van der Waals surface area contributed by atoms with Gasteiger partial charge in [-0.2, -0.15) is 0 Å². The first-order chi connectivity index (χ1) is 3.00. The molecule has 0 spiro atoms. The van der Waals surface area contributed by atoms with Crippen LogP contribution >= 0.6 is 0 Å². The summed E-state index contributed by atoms with van der Waals surface area (Å²) in [6, 6.07) is 0. The fourth-order valence-corrected chi connectivity index (χ4v) is 0. The van der Waals surface area contributed by atoms with Crippen LogP contribution in [0.4, 0.5) is 0 Å². The molecule has 0 amide bonds. The van der Waals surface area contributed by atoms with Crippen molar-refractivity contribution in [2.75, 3.05) is 0 Å². The first-order valence-electron chi connectivity index (χ1n) is 0.632. The van der Waals surface area contributed by atoms with Gasteiger partial charge in [-0.3, -0.25) is 0 Å². The Balaban J connectivity index is -0.00000000321. The zero-order chi connectivity index (χ0) is 6.00. The minimum Gasteiger partial charge on any atom is 0 e. The van der Waals surface area contributed by atoms with Gasteiger partial charge in [-0.1, -0.05) is 0 Å². The van der Waals surface area contributed by atoms with Crippen molar-refractivity contribution in [2.24, 2.45) is 0 Å². The normalized spacial score (nSPS) is 0.667. The van der Waals surface area contributed by atoms with Crippen LogP contribution in [0.2, 0.25) is 0 Å².